The lowest BCUT2D eigenvalue weighted by Crippen LogP contribution is -2.57. The summed E-state index contributed by atoms with van der Waals surface area (Å²) >= 11 is 2.04. The van der Waals surface area contributed by atoms with Gasteiger partial charge in [-0.2, -0.15) is 0 Å². The molecule has 0 bridgehead atoms. The average molecular weight is 629 g/mol. The Hall–Kier alpha value is -2.23. The molecule has 2 aliphatic heterocycles. The van der Waals surface area contributed by atoms with Crippen LogP contribution >= 0.6 is 11.8 Å². The first-order valence-electron chi connectivity index (χ1n) is 18.9. The van der Waals surface area contributed by atoms with Crippen molar-refractivity contribution in [2.45, 2.75) is 90.3 Å². The van der Waals surface area contributed by atoms with E-state index in [0.29, 0.717) is 40.5 Å². The molecule has 1 spiro atoms. The maximum atomic E-state index is 4.33. The number of fused-ring (bicyclic) bond motifs is 10. The summed E-state index contributed by atoms with van der Waals surface area (Å²) in [6.45, 7) is 5.33. The number of allylic oxidation sites excluding steroid dienone is 14. The lowest BCUT2D eigenvalue weighted by atomic mass is 9.55. The molecule has 2 nitrogen and oxygen atoms in total. The van der Waals surface area contributed by atoms with Crippen LogP contribution in [0.3, 0.4) is 0 Å². The maximum Gasteiger partial charge on any atom is 0.101 e. The van der Waals surface area contributed by atoms with Crippen LogP contribution in [-0.2, 0) is 0 Å². The summed E-state index contributed by atoms with van der Waals surface area (Å²) in [5.41, 5.74) is 6.06. The first kappa shape index (κ1) is 28.8. The van der Waals surface area contributed by atoms with Crippen molar-refractivity contribution in [2.75, 3.05) is 0 Å². The number of rotatable bonds is 2. The van der Waals surface area contributed by atoms with Gasteiger partial charge in [-0.05, 0) is 119 Å². The van der Waals surface area contributed by atoms with E-state index >= 15 is 0 Å². The normalized spacial score (nSPS) is 45.2. The lowest BCUT2D eigenvalue weighted by Gasteiger charge is -2.49. The highest BCUT2D eigenvalue weighted by atomic mass is 32.2. The van der Waals surface area contributed by atoms with Gasteiger partial charge in [-0.25, -0.2) is 0 Å². The Morgan fingerprint density at radius 1 is 0.783 bits per heavy atom. The summed E-state index contributed by atoms with van der Waals surface area (Å²) in [5.74, 6) is 6.39. The molecular weight excluding hydrogens is 577 g/mol. The molecule has 8 aliphatic carbocycles. The van der Waals surface area contributed by atoms with E-state index in [0.717, 1.165) is 42.4 Å². The molecule has 4 fully saturated rings. The van der Waals surface area contributed by atoms with Crippen LogP contribution in [0.2, 0.25) is 0 Å². The number of hydrogen-bond donors (Lipinski definition) is 2. The van der Waals surface area contributed by atoms with Crippen molar-refractivity contribution < 1.29 is 0 Å². The van der Waals surface area contributed by atoms with Crippen LogP contribution in [0.25, 0.3) is 0 Å². The van der Waals surface area contributed by atoms with E-state index in [9.17, 15) is 0 Å². The zero-order chi connectivity index (χ0) is 30.6. The molecule has 3 heteroatoms. The van der Waals surface area contributed by atoms with Gasteiger partial charge in [0.15, 0.2) is 0 Å². The van der Waals surface area contributed by atoms with E-state index in [1.165, 1.54) is 56.4 Å². The molecule has 10 aliphatic rings. The van der Waals surface area contributed by atoms with Gasteiger partial charge in [0.2, 0.25) is 0 Å². The third-order valence-corrected chi connectivity index (χ3v) is 16.5. The summed E-state index contributed by atoms with van der Waals surface area (Å²) in [7, 11) is 0. The Morgan fingerprint density at radius 2 is 1.61 bits per heavy atom. The SMILES string of the molecule is CC1(C)C2C=CC=C(C3NC4=C(C5CC=CC=C5S4)C(C4C=CC=CC4)N3)C2C2CC3C4=CC=CCC4C4(CCCCC4)C3CC21. The molecule has 0 radical (unpaired) electrons. The minimum absolute atomic E-state index is 0.201. The van der Waals surface area contributed by atoms with Gasteiger partial charge < -0.3 is 5.32 Å². The van der Waals surface area contributed by atoms with Crippen LogP contribution in [0.1, 0.15) is 78.1 Å². The fourth-order valence-electron chi connectivity index (χ4n) is 13.4. The molecule has 0 aromatic rings. The molecule has 0 aromatic carbocycles. The maximum absolute atomic E-state index is 4.33. The standard InChI is InChI=1S/C43H52N2S/c1-42(2)33-20-13-18-29(40-44-39(26-14-5-3-6-15-26)38-28-17-8-10-21-36(28)46-41(38)45-40)37(33)31-24-30-27-16-7-9-19-32(27)43(22-11-4-12-23-43)35(30)25-34(31)42/h3,5-10,13-14,16,18,20-21,26,28,30-35,37,39-40,44-45H,4,11-12,15,17,19,22-25H2,1-2H3. The van der Waals surface area contributed by atoms with E-state index < -0.39 is 0 Å². The van der Waals surface area contributed by atoms with Crippen LogP contribution in [0.15, 0.2) is 106 Å². The van der Waals surface area contributed by atoms with E-state index in [-0.39, 0.29) is 6.17 Å². The highest BCUT2D eigenvalue weighted by molar-refractivity contribution is 8.07. The van der Waals surface area contributed by atoms with E-state index in [1.807, 2.05) is 17.3 Å². The molecule has 11 unspecified atom stereocenters. The van der Waals surface area contributed by atoms with Crippen LogP contribution in [0.5, 0.6) is 0 Å². The third-order valence-electron chi connectivity index (χ3n) is 15.2. The molecule has 0 aromatic heterocycles. The largest absolute Gasteiger partial charge is 0.361 e. The first-order valence-corrected chi connectivity index (χ1v) is 19.8. The van der Waals surface area contributed by atoms with Gasteiger partial charge in [-0.1, -0.05) is 129 Å². The second kappa shape index (κ2) is 10.6. The highest BCUT2D eigenvalue weighted by Crippen LogP contribution is 2.72. The van der Waals surface area contributed by atoms with Crippen LogP contribution < -0.4 is 10.6 Å². The van der Waals surface area contributed by atoms with Crippen molar-refractivity contribution in [3.8, 4) is 0 Å². The van der Waals surface area contributed by atoms with Crippen LogP contribution in [0, 0.1) is 64.1 Å². The molecule has 2 N–H and O–H groups in total. The molecule has 11 atom stereocenters. The van der Waals surface area contributed by atoms with Gasteiger partial charge in [-0.3, -0.25) is 5.32 Å². The van der Waals surface area contributed by atoms with Gasteiger partial charge in [0.25, 0.3) is 0 Å². The van der Waals surface area contributed by atoms with Crippen LogP contribution in [0.4, 0.5) is 0 Å². The molecule has 240 valence electrons. The second-order valence-electron chi connectivity index (χ2n) is 17.2. The summed E-state index contributed by atoms with van der Waals surface area (Å²) in [4.78, 5) is 1.54. The minimum atomic E-state index is 0.201. The second-order valence-corrected chi connectivity index (χ2v) is 18.2. The van der Waals surface area contributed by atoms with Gasteiger partial charge in [0.05, 0.1) is 5.03 Å². The summed E-state index contributed by atoms with van der Waals surface area (Å²) in [6, 6.07) is 0.379. The number of thioether (sulfide) groups is 1. The Morgan fingerprint density at radius 3 is 2.48 bits per heavy atom. The third kappa shape index (κ3) is 4.00. The fraction of sp³-hybridized carbons (Fsp3) is 0.581. The van der Waals surface area contributed by atoms with Crippen LogP contribution in [-0.4, -0.2) is 12.2 Å². The van der Waals surface area contributed by atoms with Gasteiger partial charge in [-0.15, -0.1) is 0 Å². The molecule has 46 heavy (non-hydrogen) atoms. The zero-order valence-corrected chi connectivity index (χ0v) is 28.7. The minimum Gasteiger partial charge on any atom is -0.361 e. The molecule has 0 saturated heterocycles. The summed E-state index contributed by atoms with van der Waals surface area (Å²) < 4.78 is 0. The van der Waals surface area contributed by atoms with Gasteiger partial charge in [0.1, 0.15) is 6.17 Å². The highest BCUT2D eigenvalue weighted by Gasteiger charge is 2.65. The van der Waals surface area contributed by atoms with Crippen molar-refractivity contribution in [1.29, 1.82) is 0 Å². The Balaban J connectivity index is 1.01. The predicted octanol–water partition coefficient (Wildman–Crippen LogP) is 9.92. The quantitative estimate of drug-likeness (QED) is 0.318. The Kier molecular flexibility index (Phi) is 6.65. The summed E-state index contributed by atoms with van der Waals surface area (Å²) in [6.07, 6.45) is 45.6. The monoisotopic (exact) mass is 628 g/mol. The molecular formula is C43H52N2S. The van der Waals surface area contributed by atoms with Crippen molar-refractivity contribution in [3.63, 3.8) is 0 Å². The Labute approximate surface area is 281 Å². The number of nitrogens with one attached hydrogen (secondary N) is 2. The topological polar surface area (TPSA) is 24.1 Å². The summed E-state index contributed by atoms with van der Waals surface area (Å²) in [5, 5.41) is 9.97. The van der Waals surface area contributed by atoms with Crippen molar-refractivity contribution in [2.24, 2.45) is 64.1 Å². The van der Waals surface area contributed by atoms with E-state index in [2.05, 4.69) is 103 Å². The smallest absolute Gasteiger partial charge is 0.101 e. The molecule has 2 heterocycles. The van der Waals surface area contributed by atoms with E-state index in [1.54, 1.807) is 16.1 Å². The average Bonchev–Trinajstić information content (AvgIpc) is 3.68. The molecule has 10 rings (SSSR count). The lowest BCUT2D eigenvalue weighted by molar-refractivity contribution is -0.00236. The van der Waals surface area contributed by atoms with E-state index in [4.69, 9.17) is 0 Å². The zero-order valence-electron chi connectivity index (χ0n) is 27.8. The number of hydrogen-bond acceptors (Lipinski definition) is 3. The molecule has 4 saturated carbocycles. The van der Waals surface area contributed by atoms with Crippen molar-refractivity contribution in [3.05, 3.63) is 106 Å². The fourth-order valence-corrected chi connectivity index (χ4v) is 14.7. The van der Waals surface area contributed by atoms with Gasteiger partial charge >= 0.3 is 0 Å². The molecule has 0 amide bonds. The predicted molar refractivity (Wildman–Crippen MR) is 192 cm³/mol. The van der Waals surface area contributed by atoms with Crippen molar-refractivity contribution in [1.82, 2.24) is 10.6 Å². The van der Waals surface area contributed by atoms with Gasteiger partial charge in [0, 0.05) is 12.0 Å². The first-order chi connectivity index (χ1) is 22.5. The Bertz CT molecular complexity index is 1590. The van der Waals surface area contributed by atoms with Crippen molar-refractivity contribution >= 4 is 11.8 Å².